The Kier molecular flexibility index (Phi) is 1.85. The van der Waals surface area contributed by atoms with Crippen LogP contribution in [0.2, 0.25) is 0 Å². The monoisotopic (exact) mass is 241 g/mol. The predicted molar refractivity (Wildman–Crippen MR) is 51.6 cm³/mol. The van der Waals surface area contributed by atoms with E-state index in [2.05, 4.69) is 10.0 Å². The van der Waals surface area contributed by atoms with Gasteiger partial charge in [-0.1, -0.05) is 5.11 Å². The molecule has 0 aromatic heterocycles. The van der Waals surface area contributed by atoms with Gasteiger partial charge in [-0.25, -0.2) is 0 Å². The molecule has 0 unspecified atom stereocenters. The minimum Gasteiger partial charge on any atom is -0.456 e. The lowest BCUT2D eigenvalue weighted by atomic mass is 9.95. The zero-order valence-electron chi connectivity index (χ0n) is 9.23. The summed E-state index contributed by atoms with van der Waals surface area (Å²) in [6.45, 7) is 3.37. The van der Waals surface area contributed by atoms with E-state index in [1.165, 1.54) is 0 Å². The second-order valence-electron chi connectivity index (χ2n) is 4.85. The molecule has 0 aromatic rings. The highest BCUT2D eigenvalue weighted by Gasteiger charge is 2.76. The topological polar surface area (TPSA) is 114 Å². The number of rotatable bonds is 1. The number of fused-ring (bicyclic) bond motifs is 5. The minimum atomic E-state index is -1.71. The number of esters is 1. The molecule has 92 valence electrons. The maximum atomic E-state index is 11.7. The van der Waals surface area contributed by atoms with Crippen LogP contribution >= 0.6 is 0 Å². The Morgan fingerprint density at radius 1 is 1.41 bits per heavy atom. The van der Waals surface area contributed by atoms with E-state index in [1.54, 1.807) is 13.8 Å². The van der Waals surface area contributed by atoms with Gasteiger partial charge in [0.15, 0.2) is 11.9 Å². The Morgan fingerprint density at radius 3 is 2.76 bits per heavy atom. The molecule has 0 aromatic carbocycles. The van der Waals surface area contributed by atoms with Gasteiger partial charge in [0.2, 0.25) is 5.54 Å². The average Bonchev–Trinajstić information content (AvgIpc) is 2.73. The highest BCUT2D eigenvalue weighted by atomic mass is 16.8. The van der Waals surface area contributed by atoms with Crippen LogP contribution in [0.1, 0.15) is 13.8 Å². The summed E-state index contributed by atoms with van der Waals surface area (Å²) in [5.74, 6) is -1.65. The van der Waals surface area contributed by atoms with Crippen molar-refractivity contribution in [1.82, 2.24) is 0 Å². The molecule has 1 N–H and O–H groups in total. The number of nitrogens with zero attached hydrogens (tertiary/aromatic N) is 3. The first-order chi connectivity index (χ1) is 7.92. The molecule has 1 aliphatic carbocycles. The minimum absolute atomic E-state index is 0.594. The van der Waals surface area contributed by atoms with Crippen LogP contribution in [-0.2, 0) is 19.0 Å². The Hall–Kier alpha value is -1.34. The van der Waals surface area contributed by atoms with Gasteiger partial charge in [-0.3, -0.25) is 4.79 Å². The molecule has 3 aliphatic rings. The van der Waals surface area contributed by atoms with E-state index in [9.17, 15) is 9.90 Å². The lowest BCUT2D eigenvalue weighted by Crippen LogP contribution is -2.52. The van der Waals surface area contributed by atoms with E-state index >= 15 is 0 Å². The second-order valence-corrected chi connectivity index (χ2v) is 4.85. The Morgan fingerprint density at radius 2 is 2.12 bits per heavy atom. The van der Waals surface area contributed by atoms with Crippen LogP contribution in [0.4, 0.5) is 0 Å². The van der Waals surface area contributed by atoms with Crippen molar-refractivity contribution in [3.05, 3.63) is 10.4 Å². The Balaban J connectivity index is 2.10. The highest BCUT2D eigenvalue weighted by molar-refractivity contribution is 5.87. The van der Waals surface area contributed by atoms with E-state index in [-0.39, 0.29) is 0 Å². The molecule has 0 amide bonds. The van der Waals surface area contributed by atoms with Crippen molar-refractivity contribution in [2.45, 2.75) is 49.6 Å². The molecule has 0 radical (unpaired) electrons. The van der Waals surface area contributed by atoms with E-state index in [1.807, 2.05) is 0 Å². The molecule has 8 heteroatoms. The van der Waals surface area contributed by atoms with Crippen molar-refractivity contribution in [2.75, 3.05) is 0 Å². The highest BCUT2D eigenvalue weighted by Crippen LogP contribution is 2.52. The van der Waals surface area contributed by atoms with Crippen molar-refractivity contribution < 1.29 is 24.1 Å². The molecule has 8 nitrogen and oxygen atoms in total. The normalized spacial score (nSPS) is 49.7. The number of hydrogen-bond donors (Lipinski definition) is 1. The molecule has 1 saturated carbocycles. The maximum Gasteiger partial charge on any atom is 0.324 e. The van der Waals surface area contributed by atoms with Crippen molar-refractivity contribution in [2.24, 2.45) is 5.11 Å². The van der Waals surface area contributed by atoms with Gasteiger partial charge in [-0.15, -0.1) is 0 Å². The average molecular weight is 241 g/mol. The number of ether oxygens (including phenoxy) is 3. The molecule has 2 heterocycles. The van der Waals surface area contributed by atoms with Crippen LogP contribution in [0.5, 0.6) is 0 Å². The van der Waals surface area contributed by atoms with Gasteiger partial charge in [0.05, 0.1) is 0 Å². The summed E-state index contributed by atoms with van der Waals surface area (Å²) in [6.07, 6.45) is -3.45. The van der Waals surface area contributed by atoms with Crippen LogP contribution in [0.25, 0.3) is 10.4 Å². The predicted octanol–water partition coefficient (Wildman–Crippen LogP) is -0.145. The molecule has 0 spiro atoms. The number of carbonyl (C=O) groups excluding carboxylic acids is 1. The lowest BCUT2D eigenvalue weighted by Gasteiger charge is -2.27. The lowest BCUT2D eigenvalue weighted by molar-refractivity contribution is -0.168. The van der Waals surface area contributed by atoms with Crippen LogP contribution < -0.4 is 0 Å². The first-order valence-corrected chi connectivity index (χ1v) is 5.23. The SMILES string of the molecule is CC1(C)O[C@H]2[C@@H]3OC(=O)[C@@](N=[N+]=[N-])([C@H]3O)[C@H]2O1. The molecule has 2 saturated heterocycles. The zero-order chi connectivity index (χ0) is 12.4. The molecule has 5 atom stereocenters. The number of aliphatic hydroxyl groups excluding tert-OH is 1. The van der Waals surface area contributed by atoms with Crippen LogP contribution in [0.15, 0.2) is 5.11 Å². The van der Waals surface area contributed by atoms with Gasteiger partial charge in [0.1, 0.15) is 18.3 Å². The number of carbonyl (C=O) groups is 1. The van der Waals surface area contributed by atoms with Crippen molar-refractivity contribution >= 4 is 5.97 Å². The van der Waals surface area contributed by atoms with Gasteiger partial charge in [0, 0.05) is 4.91 Å². The zero-order valence-corrected chi connectivity index (χ0v) is 9.23. The molecule has 17 heavy (non-hydrogen) atoms. The fraction of sp³-hybridized carbons (Fsp3) is 0.889. The van der Waals surface area contributed by atoms with Gasteiger partial charge >= 0.3 is 5.97 Å². The van der Waals surface area contributed by atoms with Crippen molar-refractivity contribution in [3.63, 3.8) is 0 Å². The summed E-state index contributed by atoms with van der Waals surface area (Å²) in [4.78, 5) is 14.4. The first kappa shape index (κ1) is 10.8. The third-order valence-corrected chi connectivity index (χ3v) is 3.43. The van der Waals surface area contributed by atoms with E-state index < -0.39 is 41.7 Å². The quantitative estimate of drug-likeness (QED) is 0.297. The van der Waals surface area contributed by atoms with Gasteiger partial charge < -0.3 is 19.3 Å². The molecule has 3 fully saturated rings. The summed E-state index contributed by atoms with van der Waals surface area (Å²) in [6, 6.07) is 0. The number of aliphatic hydroxyl groups is 1. The molecule has 2 aliphatic heterocycles. The largest absolute Gasteiger partial charge is 0.456 e. The molecular weight excluding hydrogens is 230 g/mol. The summed E-state index contributed by atoms with van der Waals surface area (Å²) < 4.78 is 16.1. The van der Waals surface area contributed by atoms with Crippen LogP contribution in [0, 0.1) is 0 Å². The van der Waals surface area contributed by atoms with Gasteiger partial charge in [-0.2, -0.15) is 0 Å². The summed E-state index contributed by atoms with van der Waals surface area (Å²) in [5, 5.41) is 13.4. The third-order valence-electron chi connectivity index (χ3n) is 3.43. The van der Waals surface area contributed by atoms with Crippen LogP contribution in [-0.4, -0.2) is 46.8 Å². The van der Waals surface area contributed by atoms with Crippen molar-refractivity contribution in [1.29, 1.82) is 0 Å². The summed E-state index contributed by atoms with van der Waals surface area (Å²) in [7, 11) is 0. The van der Waals surface area contributed by atoms with Gasteiger partial charge in [0.25, 0.3) is 0 Å². The first-order valence-electron chi connectivity index (χ1n) is 5.23. The van der Waals surface area contributed by atoms with E-state index in [4.69, 9.17) is 19.7 Å². The summed E-state index contributed by atoms with van der Waals surface area (Å²) in [5.41, 5.74) is 6.86. The Bertz CT molecular complexity index is 446. The number of hydrogen-bond acceptors (Lipinski definition) is 6. The van der Waals surface area contributed by atoms with Crippen molar-refractivity contribution in [3.8, 4) is 0 Å². The maximum absolute atomic E-state index is 11.7. The molecular formula is C9H11N3O5. The van der Waals surface area contributed by atoms with Crippen LogP contribution in [0.3, 0.4) is 0 Å². The third kappa shape index (κ3) is 1.08. The standard InChI is InChI=1S/C9H11N3O5/c1-8(2)16-4-3-5(13)9(11-12-10,6(4)17-8)7(14)15-3/h3-6,13H,1-2H3/t3-,4-,5-,6-,9+/m0/s1. The fourth-order valence-electron chi connectivity index (χ4n) is 2.79. The van der Waals surface area contributed by atoms with Gasteiger partial charge in [-0.05, 0) is 19.4 Å². The number of azide groups is 1. The van der Waals surface area contributed by atoms with E-state index in [0.717, 1.165) is 0 Å². The summed E-state index contributed by atoms with van der Waals surface area (Å²) >= 11 is 0. The fourth-order valence-corrected chi connectivity index (χ4v) is 2.79. The molecule has 3 rings (SSSR count). The Labute approximate surface area is 96.1 Å². The van der Waals surface area contributed by atoms with E-state index in [0.29, 0.717) is 0 Å². The molecule has 2 bridgehead atoms. The second kappa shape index (κ2) is 2.91. The smallest absolute Gasteiger partial charge is 0.324 e.